The Hall–Kier alpha value is -2.30. The smallest absolute Gasteiger partial charge is 0.269 e. The Morgan fingerprint density at radius 3 is 2.75 bits per heavy atom. The van der Waals surface area contributed by atoms with Crippen molar-refractivity contribution in [3.8, 4) is 0 Å². The highest BCUT2D eigenvalue weighted by Crippen LogP contribution is 2.07. The van der Waals surface area contributed by atoms with Crippen LogP contribution in [0.25, 0.3) is 0 Å². The zero-order chi connectivity index (χ0) is 14.4. The monoisotopic (exact) mass is 270 g/mol. The minimum atomic E-state index is -0.155. The van der Waals surface area contributed by atoms with E-state index in [-0.39, 0.29) is 5.91 Å². The van der Waals surface area contributed by atoms with Crippen LogP contribution in [0.2, 0.25) is 0 Å². The van der Waals surface area contributed by atoms with E-state index in [0.29, 0.717) is 18.7 Å². The van der Waals surface area contributed by atoms with Gasteiger partial charge in [0.15, 0.2) is 0 Å². The van der Waals surface area contributed by atoms with E-state index in [1.807, 2.05) is 19.1 Å². The maximum absolute atomic E-state index is 11.7. The topological polar surface area (TPSA) is 67.8 Å². The molecule has 2 aromatic rings. The fourth-order valence-electron chi connectivity index (χ4n) is 1.87. The van der Waals surface area contributed by atoms with Crippen molar-refractivity contribution in [1.82, 2.24) is 20.3 Å². The molecule has 2 rings (SSSR count). The molecule has 0 saturated heterocycles. The second-order valence-corrected chi connectivity index (χ2v) is 4.40. The summed E-state index contributed by atoms with van der Waals surface area (Å²) in [5, 5.41) is 2.74. The van der Waals surface area contributed by atoms with Crippen LogP contribution in [0, 0.1) is 0 Å². The third-order valence-corrected chi connectivity index (χ3v) is 2.88. The number of nitrogens with one attached hydrogen (secondary N) is 1. The SMILES string of the molecule is CCNC(=O)c1cc(Cc2nccc(CC)n2)ccn1. The second kappa shape index (κ2) is 6.75. The molecule has 0 aromatic carbocycles. The molecule has 0 aliphatic rings. The van der Waals surface area contributed by atoms with Crippen molar-refractivity contribution in [2.75, 3.05) is 6.54 Å². The van der Waals surface area contributed by atoms with E-state index in [1.165, 1.54) is 0 Å². The molecule has 0 atom stereocenters. The van der Waals surface area contributed by atoms with Gasteiger partial charge in [-0.1, -0.05) is 6.92 Å². The molecule has 1 amide bonds. The average Bonchev–Trinajstić information content (AvgIpc) is 2.48. The number of aryl methyl sites for hydroxylation is 1. The van der Waals surface area contributed by atoms with Gasteiger partial charge in [-0.3, -0.25) is 9.78 Å². The quantitative estimate of drug-likeness (QED) is 0.899. The summed E-state index contributed by atoms with van der Waals surface area (Å²) >= 11 is 0. The predicted octanol–water partition coefficient (Wildman–Crippen LogP) is 1.77. The molecule has 0 bridgehead atoms. The van der Waals surface area contributed by atoms with E-state index in [4.69, 9.17) is 0 Å². The van der Waals surface area contributed by atoms with E-state index in [2.05, 4.69) is 27.2 Å². The first-order valence-electron chi connectivity index (χ1n) is 6.76. The number of carbonyl (C=O) groups is 1. The van der Waals surface area contributed by atoms with E-state index >= 15 is 0 Å². The minimum absolute atomic E-state index is 0.155. The molecule has 0 unspecified atom stereocenters. The van der Waals surface area contributed by atoms with Gasteiger partial charge in [0.05, 0.1) is 0 Å². The van der Waals surface area contributed by atoms with Crippen LogP contribution >= 0.6 is 0 Å². The molecule has 0 spiro atoms. The van der Waals surface area contributed by atoms with Crippen LogP contribution in [0.1, 0.15) is 41.4 Å². The Morgan fingerprint density at radius 1 is 1.20 bits per heavy atom. The molecule has 2 aromatic heterocycles. The summed E-state index contributed by atoms with van der Waals surface area (Å²) in [5.41, 5.74) is 2.43. The highest BCUT2D eigenvalue weighted by Gasteiger charge is 2.07. The lowest BCUT2D eigenvalue weighted by atomic mass is 10.1. The van der Waals surface area contributed by atoms with E-state index in [0.717, 1.165) is 23.5 Å². The van der Waals surface area contributed by atoms with Crippen LogP contribution in [-0.4, -0.2) is 27.4 Å². The third kappa shape index (κ3) is 3.60. The Kier molecular flexibility index (Phi) is 4.76. The van der Waals surface area contributed by atoms with E-state index < -0.39 is 0 Å². The van der Waals surface area contributed by atoms with Gasteiger partial charge < -0.3 is 5.32 Å². The molecule has 104 valence electrons. The molecule has 1 N–H and O–H groups in total. The van der Waals surface area contributed by atoms with E-state index in [9.17, 15) is 4.79 Å². The molecular formula is C15H18N4O. The number of hydrogen-bond donors (Lipinski definition) is 1. The number of amides is 1. The van der Waals surface area contributed by atoms with Crippen LogP contribution < -0.4 is 5.32 Å². The molecular weight excluding hydrogens is 252 g/mol. The number of rotatable bonds is 5. The molecule has 5 nitrogen and oxygen atoms in total. The van der Waals surface area contributed by atoms with Gasteiger partial charge in [-0.15, -0.1) is 0 Å². The predicted molar refractivity (Wildman–Crippen MR) is 76.5 cm³/mol. The Labute approximate surface area is 118 Å². The van der Waals surface area contributed by atoms with Crippen molar-refractivity contribution in [2.24, 2.45) is 0 Å². The van der Waals surface area contributed by atoms with Gasteiger partial charge in [0, 0.05) is 31.1 Å². The van der Waals surface area contributed by atoms with Crippen molar-refractivity contribution >= 4 is 5.91 Å². The van der Waals surface area contributed by atoms with Crippen LogP contribution in [-0.2, 0) is 12.8 Å². The number of nitrogens with zero attached hydrogens (tertiary/aromatic N) is 3. The first kappa shape index (κ1) is 14.1. The second-order valence-electron chi connectivity index (χ2n) is 4.40. The van der Waals surface area contributed by atoms with Crippen molar-refractivity contribution in [2.45, 2.75) is 26.7 Å². The molecule has 2 heterocycles. The lowest BCUT2D eigenvalue weighted by Gasteiger charge is -2.05. The minimum Gasteiger partial charge on any atom is -0.351 e. The van der Waals surface area contributed by atoms with Crippen molar-refractivity contribution in [1.29, 1.82) is 0 Å². The van der Waals surface area contributed by atoms with Crippen molar-refractivity contribution < 1.29 is 4.79 Å². The molecule has 0 aliphatic heterocycles. The zero-order valence-corrected chi connectivity index (χ0v) is 11.8. The maximum Gasteiger partial charge on any atom is 0.269 e. The van der Waals surface area contributed by atoms with Crippen LogP contribution in [0.4, 0.5) is 0 Å². The van der Waals surface area contributed by atoms with Crippen LogP contribution in [0.15, 0.2) is 30.6 Å². The molecule has 20 heavy (non-hydrogen) atoms. The largest absolute Gasteiger partial charge is 0.351 e. The van der Waals surface area contributed by atoms with Crippen LogP contribution in [0.3, 0.4) is 0 Å². The maximum atomic E-state index is 11.7. The summed E-state index contributed by atoms with van der Waals surface area (Å²) in [6.07, 6.45) is 4.90. The summed E-state index contributed by atoms with van der Waals surface area (Å²) in [7, 11) is 0. The van der Waals surface area contributed by atoms with Gasteiger partial charge in [-0.25, -0.2) is 9.97 Å². The number of pyridine rings is 1. The molecule has 0 saturated carbocycles. The normalized spacial score (nSPS) is 10.3. The molecule has 0 fully saturated rings. The Morgan fingerprint density at radius 2 is 2.00 bits per heavy atom. The van der Waals surface area contributed by atoms with Gasteiger partial charge >= 0.3 is 0 Å². The lowest BCUT2D eigenvalue weighted by Crippen LogP contribution is -2.23. The highest BCUT2D eigenvalue weighted by molar-refractivity contribution is 5.92. The van der Waals surface area contributed by atoms with Gasteiger partial charge in [0.2, 0.25) is 0 Å². The Balaban J connectivity index is 2.16. The van der Waals surface area contributed by atoms with Crippen molar-refractivity contribution in [3.05, 3.63) is 53.4 Å². The Bertz CT molecular complexity index is 598. The van der Waals surface area contributed by atoms with Crippen molar-refractivity contribution in [3.63, 3.8) is 0 Å². The third-order valence-electron chi connectivity index (χ3n) is 2.88. The van der Waals surface area contributed by atoms with Crippen LogP contribution in [0.5, 0.6) is 0 Å². The van der Waals surface area contributed by atoms with Gasteiger partial charge in [0.1, 0.15) is 11.5 Å². The first-order valence-corrected chi connectivity index (χ1v) is 6.76. The van der Waals surface area contributed by atoms with Gasteiger partial charge in [0.25, 0.3) is 5.91 Å². The average molecular weight is 270 g/mol. The lowest BCUT2D eigenvalue weighted by molar-refractivity contribution is 0.0951. The zero-order valence-electron chi connectivity index (χ0n) is 11.8. The fraction of sp³-hybridized carbons (Fsp3) is 0.333. The van der Waals surface area contributed by atoms with Gasteiger partial charge in [-0.2, -0.15) is 0 Å². The summed E-state index contributed by atoms with van der Waals surface area (Å²) < 4.78 is 0. The molecule has 0 aliphatic carbocycles. The number of aromatic nitrogens is 3. The van der Waals surface area contributed by atoms with E-state index in [1.54, 1.807) is 18.5 Å². The fourth-order valence-corrected chi connectivity index (χ4v) is 1.87. The summed E-state index contributed by atoms with van der Waals surface area (Å²) in [6.45, 7) is 4.53. The van der Waals surface area contributed by atoms with Gasteiger partial charge in [-0.05, 0) is 37.1 Å². The first-order chi connectivity index (χ1) is 9.72. The summed E-state index contributed by atoms with van der Waals surface area (Å²) in [5.74, 6) is 0.606. The molecule has 0 radical (unpaired) electrons. The standard InChI is InChI=1S/C15H18N4O/c1-3-12-6-8-18-14(19-12)10-11-5-7-17-13(9-11)15(20)16-4-2/h5-9H,3-4,10H2,1-2H3,(H,16,20). The highest BCUT2D eigenvalue weighted by atomic mass is 16.1. The summed E-state index contributed by atoms with van der Waals surface area (Å²) in [6, 6.07) is 5.58. The molecule has 5 heteroatoms. The summed E-state index contributed by atoms with van der Waals surface area (Å²) in [4.78, 5) is 24.6. The number of carbonyl (C=O) groups excluding carboxylic acids is 1. The number of hydrogen-bond acceptors (Lipinski definition) is 4.